The van der Waals surface area contributed by atoms with E-state index in [0.29, 0.717) is 26.2 Å². The van der Waals surface area contributed by atoms with Crippen LogP contribution in [0.5, 0.6) is 0 Å². The molecule has 1 N–H and O–H groups in total. The first-order chi connectivity index (χ1) is 19.6. The highest BCUT2D eigenvalue weighted by molar-refractivity contribution is 6.03. The zero-order valence-corrected chi connectivity index (χ0v) is 22.7. The van der Waals surface area contributed by atoms with E-state index < -0.39 is 35.8 Å². The highest BCUT2D eigenvalue weighted by atomic mass is 19.4. The number of hydrogen-bond donors (Lipinski definition) is 1. The van der Waals surface area contributed by atoms with E-state index in [2.05, 4.69) is 16.8 Å². The summed E-state index contributed by atoms with van der Waals surface area (Å²) in [6.45, 7) is 6.04. The molecule has 0 aromatic heterocycles. The first-order valence-electron chi connectivity index (χ1n) is 13.5. The Bertz CT molecular complexity index is 1370. The highest BCUT2D eigenvalue weighted by Gasteiger charge is 2.49. The quantitative estimate of drug-likeness (QED) is 0.521. The number of nitrogens with zero attached hydrogens (tertiary/aromatic N) is 4. The zero-order chi connectivity index (χ0) is 29.3. The summed E-state index contributed by atoms with van der Waals surface area (Å²) >= 11 is 0. The van der Waals surface area contributed by atoms with Gasteiger partial charge in [-0.15, -0.1) is 6.58 Å². The summed E-state index contributed by atoms with van der Waals surface area (Å²) in [5, 5.41) is 2.62. The van der Waals surface area contributed by atoms with E-state index in [1.807, 2.05) is 37.4 Å². The first kappa shape index (κ1) is 28.4. The van der Waals surface area contributed by atoms with E-state index in [1.54, 1.807) is 4.90 Å². The number of hydrogen-bond acceptors (Lipinski definition) is 4. The molecule has 3 aliphatic rings. The van der Waals surface area contributed by atoms with Crippen LogP contribution in [-0.2, 0) is 22.2 Å². The summed E-state index contributed by atoms with van der Waals surface area (Å²) in [5.41, 5.74) is 0.000229. The molecule has 2 atom stereocenters. The van der Waals surface area contributed by atoms with Gasteiger partial charge in [-0.05, 0) is 24.2 Å². The van der Waals surface area contributed by atoms with Crippen LogP contribution in [0.15, 0.2) is 78.5 Å². The van der Waals surface area contributed by atoms with Crippen molar-refractivity contribution < 1.29 is 27.6 Å². The maximum atomic E-state index is 14.2. The van der Waals surface area contributed by atoms with Gasteiger partial charge in [-0.25, -0.2) is 4.79 Å². The molecule has 3 heterocycles. The number of likely N-dealkylation sites (N-methyl/N-ethyl adjacent to an activating group) is 1. The van der Waals surface area contributed by atoms with Gasteiger partial charge in [0.2, 0.25) is 5.91 Å². The summed E-state index contributed by atoms with van der Waals surface area (Å²) in [7, 11) is 1.97. The van der Waals surface area contributed by atoms with Gasteiger partial charge < -0.3 is 20.0 Å². The van der Waals surface area contributed by atoms with Crippen molar-refractivity contribution in [3.8, 4) is 0 Å². The summed E-state index contributed by atoms with van der Waals surface area (Å²) < 4.78 is 42.1. The van der Waals surface area contributed by atoms with E-state index in [9.17, 15) is 27.6 Å². The Labute approximate surface area is 236 Å². The topological polar surface area (TPSA) is 76.2 Å². The van der Waals surface area contributed by atoms with Crippen LogP contribution in [0, 0.1) is 0 Å². The molecule has 5 rings (SSSR count). The number of carbonyl (C=O) groups excluding carboxylic acids is 3. The Hall–Kier alpha value is -4.12. The number of nitrogens with one attached hydrogen (secondary N) is 1. The molecule has 216 valence electrons. The lowest BCUT2D eigenvalue weighted by molar-refractivity contribution is -0.144. The van der Waals surface area contributed by atoms with Crippen LogP contribution >= 0.6 is 0 Å². The van der Waals surface area contributed by atoms with Crippen molar-refractivity contribution in [3.05, 3.63) is 95.2 Å². The van der Waals surface area contributed by atoms with Crippen LogP contribution < -0.4 is 5.32 Å². The van der Waals surface area contributed by atoms with Gasteiger partial charge in [-0.1, -0.05) is 54.6 Å². The van der Waals surface area contributed by atoms with Crippen LogP contribution in [0.25, 0.3) is 0 Å². The number of rotatable bonds is 7. The summed E-state index contributed by atoms with van der Waals surface area (Å²) in [6.07, 6.45) is -2.99. The molecule has 11 heteroatoms. The molecule has 1 saturated heterocycles. The van der Waals surface area contributed by atoms with Gasteiger partial charge in [-0.3, -0.25) is 14.5 Å². The normalized spacial score (nSPS) is 20.7. The van der Waals surface area contributed by atoms with Crippen molar-refractivity contribution in [3.63, 3.8) is 0 Å². The van der Waals surface area contributed by atoms with Crippen molar-refractivity contribution in [2.75, 3.05) is 46.3 Å². The molecular weight excluding hydrogens is 535 g/mol. The highest BCUT2D eigenvalue weighted by Crippen LogP contribution is 2.42. The molecule has 0 saturated carbocycles. The Balaban J connectivity index is 1.56. The molecule has 0 aliphatic carbocycles. The molecule has 41 heavy (non-hydrogen) atoms. The molecule has 3 aliphatic heterocycles. The van der Waals surface area contributed by atoms with Gasteiger partial charge in [0.15, 0.2) is 0 Å². The van der Waals surface area contributed by atoms with Gasteiger partial charge in [0.05, 0.1) is 29.4 Å². The third-order valence-corrected chi connectivity index (χ3v) is 7.89. The van der Waals surface area contributed by atoms with Crippen LogP contribution in [0.3, 0.4) is 0 Å². The third-order valence-electron chi connectivity index (χ3n) is 7.89. The molecule has 4 amide bonds. The van der Waals surface area contributed by atoms with Crippen molar-refractivity contribution in [1.29, 1.82) is 0 Å². The van der Waals surface area contributed by atoms with E-state index in [1.165, 1.54) is 34.1 Å². The predicted molar refractivity (Wildman–Crippen MR) is 146 cm³/mol. The minimum atomic E-state index is -4.70. The van der Waals surface area contributed by atoms with Crippen LogP contribution in [0.4, 0.5) is 18.0 Å². The Morgan fingerprint density at radius 2 is 1.71 bits per heavy atom. The van der Waals surface area contributed by atoms with Crippen molar-refractivity contribution >= 4 is 17.8 Å². The minimum absolute atomic E-state index is 0.0346. The minimum Gasteiger partial charge on any atom is -0.338 e. The number of urea groups is 1. The monoisotopic (exact) mass is 567 g/mol. The molecule has 0 spiro atoms. The lowest BCUT2D eigenvalue weighted by atomic mass is 9.91. The Morgan fingerprint density at radius 3 is 2.37 bits per heavy atom. The lowest BCUT2D eigenvalue weighted by Crippen LogP contribution is -2.55. The number of benzene rings is 2. The fraction of sp³-hybridized carbons (Fsp3) is 0.367. The second kappa shape index (κ2) is 11.4. The first-order valence-corrected chi connectivity index (χ1v) is 13.5. The summed E-state index contributed by atoms with van der Waals surface area (Å²) in [5.74, 6) is -0.795. The second-order valence-corrected chi connectivity index (χ2v) is 10.5. The van der Waals surface area contributed by atoms with Crippen LogP contribution in [0.2, 0.25) is 0 Å². The smallest absolute Gasteiger partial charge is 0.338 e. The van der Waals surface area contributed by atoms with Crippen molar-refractivity contribution in [2.24, 2.45) is 0 Å². The van der Waals surface area contributed by atoms with Gasteiger partial charge in [0.1, 0.15) is 6.04 Å². The van der Waals surface area contributed by atoms with E-state index in [4.69, 9.17) is 0 Å². The maximum absolute atomic E-state index is 14.2. The van der Waals surface area contributed by atoms with E-state index in [0.717, 1.165) is 11.6 Å². The number of carbonyl (C=O) groups is 3. The zero-order valence-electron chi connectivity index (χ0n) is 22.7. The standard InChI is InChI=1S/C30H32F3N5O3/c1-3-13-37-24-19-38(23(18-20-9-5-4-6-10-20)27(39)36-16-14-35(2)15-17-36)28(40)25(24)26(34-29(37)41)21-11-7-8-12-22(21)30(31,32)33/h3-12,23,26H,1,13-19H2,2H3,(H,34,41). The van der Waals surface area contributed by atoms with Crippen LogP contribution in [0.1, 0.15) is 22.7 Å². The number of amides is 4. The lowest BCUT2D eigenvalue weighted by Gasteiger charge is -2.37. The predicted octanol–water partition coefficient (Wildman–Crippen LogP) is 3.44. The SMILES string of the molecule is C=CCN1C(=O)NC(c2ccccc2C(F)(F)F)C2=C1CN(C(Cc1ccccc1)C(=O)N1CCN(C)CC1)C2=O. The van der Waals surface area contributed by atoms with Crippen molar-refractivity contribution in [1.82, 2.24) is 24.9 Å². The molecule has 0 bridgehead atoms. The number of piperazine rings is 1. The average molecular weight is 568 g/mol. The van der Waals surface area contributed by atoms with E-state index in [-0.39, 0.29) is 42.3 Å². The summed E-state index contributed by atoms with van der Waals surface area (Å²) in [4.78, 5) is 48.0. The maximum Gasteiger partial charge on any atom is 0.416 e. The fourth-order valence-electron chi connectivity index (χ4n) is 5.73. The van der Waals surface area contributed by atoms with Crippen LogP contribution in [-0.4, -0.2) is 89.8 Å². The molecule has 2 aromatic rings. The van der Waals surface area contributed by atoms with Gasteiger partial charge in [0.25, 0.3) is 5.91 Å². The molecule has 1 fully saturated rings. The second-order valence-electron chi connectivity index (χ2n) is 10.5. The molecule has 8 nitrogen and oxygen atoms in total. The van der Waals surface area contributed by atoms with Gasteiger partial charge >= 0.3 is 12.2 Å². The molecule has 2 unspecified atom stereocenters. The number of alkyl halides is 3. The van der Waals surface area contributed by atoms with Gasteiger partial charge in [-0.2, -0.15) is 13.2 Å². The Morgan fingerprint density at radius 1 is 1.05 bits per heavy atom. The van der Waals surface area contributed by atoms with Crippen molar-refractivity contribution in [2.45, 2.75) is 24.7 Å². The Kier molecular flexibility index (Phi) is 7.90. The molecule has 2 aromatic carbocycles. The average Bonchev–Trinajstić information content (AvgIpc) is 3.30. The molecular formula is C30H32F3N5O3. The fourth-order valence-corrected chi connectivity index (χ4v) is 5.73. The molecule has 0 radical (unpaired) electrons. The summed E-state index contributed by atoms with van der Waals surface area (Å²) in [6, 6.07) is 11.3. The van der Waals surface area contributed by atoms with E-state index >= 15 is 0 Å². The third kappa shape index (κ3) is 5.58. The van der Waals surface area contributed by atoms with Gasteiger partial charge in [0, 0.05) is 39.1 Å². The number of halogens is 3. The largest absolute Gasteiger partial charge is 0.416 e.